The number of halogens is 1. The van der Waals surface area contributed by atoms with Crippen LogP contribution < -0.4 is 9.62 Å². The monoisotopic (exact) mass is 408 g/mol. The number of hydrogen-bond acceptors (Lipinski definition) is 3. The molecule has 0 fully saturated rings. The Bertz CT molecular complexity index is 909. The van der Waals surface area contributed by atoms with Gasteiger partial charge in [-0.25, -0.2) is 8.42 Å². The van der Waals surface area contributed by atoms with Crippen molar-refractivity contribution < 1.29 is 13.2 Å². The summed E-state index contributed by atoms with van der Waals surface area (Å²) in [5.41, 5.74) is 1.95. The van der Waals surface area contributed by atoms with Gasteiger partial charge in [0, 0.05) is 11.6 Å². The Hall–Kier alpha value is -2.05. The first-order valence-corrected chi connectivity index (χ1v) is 10.6. The number of nitrogens with one attached hydrogen (secondary N) is 1. The van der Waals surface area contributed by atoms with Crippen molar-refractivity contribution >= 4 is 33.2 Å². The smallest absolute Gasteiger partial charge is 0.264 e. The molecule has 0 aliphatic heterocycles. The van der Waals surface area contributed by atoms with Crippen LogP contribution >= 0.6 is 11.6 Å². The van der Waals surface area contributed by atoms with E-state index in [0.717, 1.165) is 9.87 Å². The number of amides is 1. The quantitative estimate of drug-likeness (QED) is 0.754. The van der Waals surface area contributed by atoms with Crippen LogP contribution in [0.1, 0.15) is 25.0 Å². The second-order valence-electron chi connectivity index (χ2n) is 6.91. The minimum Gasteiger partial charge on any atom is -0.354 e. The Labute approximate surface area is 166 Å². The van der Waals surface area contributed by atoms with Crippen LogP contribution in [-0.2, 0) is 14.8 Å². The van der Waals surface area contributed by atoms with Crippen LogP contribution in [0, 0.1) is 19.8 Å². The first kappa shape index (κ1) is 21.3. The molecule has 7 heteroatoms. The Kier molecular flexibility index (Phi) is 6.89. The number of benzene rings is 2. The summed E-state index contributed by atoms with van der Waals surface area (Å²) in [6, 6.07) is 11.6. The maximum atomic E-state index is 13.3. The predicted octanol–water partition coefficient (Wildman–Crippen LogP) is 3.92. The molecule has 0 aliphatic carbocycles. The number of rotatable bonds is 7. The molecule has 0 heterocycles. The van der Waals surface area contributed by atoms with Crippen LogP contribution in [0.4, 0.5) is 5.69 Å². The number of nitrogens with zero attached hydrogens (tertiary/aromatic N) is 1. The normalized spacial score (nSPS) is 11.5. The van der Waals surface area contributed by atoms with Gasteiger partial charge in [0.1, 0.15) is 6.54 Å². The molecule has 146 valence electrons. The first-order valence-electron chi connectivity index (χ1n) is 8.74. The number of hydrogen-bond donors (Lipinski definition) is 1. The lowest BCUT2D eigenvalue weighted by atomic mass is 10.2. The fraction of sp³-hybridized carbons (Fsp3) is 0.350. The highest BCUT2D eigenvalue weighted by Crippen LogP contribution is 2.30. The number of sulfonamides is 1. The number of aryl methyl sites for hydroxylation is 1. The summed E-state index contributed by atoms with van der Waals surface area (Å²) in [6.07, 6.45) is 0. The summed E-state index contributed by atoms with van der Waals surface area (Å²) in [6.45, 7) is 7.73. The molecular weight excluding hydrogens is 384 g/mol. The average molecular weight is 409 g/mol. The molecule has 0 aliphatic rings. The predicted molar refractivity (Wildman–Crippen MR) is 110 cm³/mol. The van der Waals surface area contributed by atoms with Crippen molar-refractivity contribution in [3.63, 3.8) is 0 Å². The molecule has 0 atom stereocenters. The molecule has 5 nitrogen and oxygen atoms in total. The van der Waals surface area contributed by atoms with E-state index in [2.05, 4.69) is 5.32 Å². The molecule has 2 rings (SSSR count). The van der Waals surface area contributed by atoms with Crippen molar-refractivity contribution in [2.24, 2.45) is 5.92 Å². The van der Waals surface area contributed by atoms with Crippen LogP contribution in [0.3, 0.4) is 0 Å². The molecule has 1 amide bonds. The van der Waals surface area contributed by atoms with Crippen LogP contribution in [0.25, 0.3) is 0 Å². The van der Waals surface area contributed by atoms with Crippen LogP contribution in [0.15, 0.2) is 47.4 Å². The molecule has 0 unspecified atom stereocenters. The van der Waals surface area contributed by atoms with E-state index < -0.39 is 10.0 Å². The molecular formula is C20H25ClN2O3S. The summed E-state index contributed by atoms with van der Waals surface area (Å²) >= 11 is 6.19. The van der Waals surface area contributed by atoms with E-state index in [0.29, 0.717) is 22.8 Å². The average Bonchev–Trinajstić information content (AvgIpc) is 2.61. The molecule has 0 radical (unpaired) electrons. The van der Waals surface area contributed by atoms with E-state index in [1.54, 1.807) is 49.4 Å². The van der Waals surface area contributed by atoms with Crippen molar-refractivity contribution in [1.29, 1.82) is 0 Å². The van der Waals surface area contributed by atoms with Crippen LogP contribution in [0.5, 0.6) is 0 Å². The van der Waals surface area contributed by atoms with Gasteiger partial charge in [0.05, 0.1) is 10.6 Å². The third-order valence-corrected chi connectivity index (χ3v) is 6.29. The summed E-state index contributed by atoms with van der Waals surface area (Å²) in [7, 11) is -3.93. The van der Waals surface area contributed by atoms with Crippen molar-refractivity contribution in [1.82, 2.24) is 5.32 Å². The molecule has 1 N–H and O–H groups in total. The van der Waals surface area contributed by atoms with Gasteiger partial charge < -0.3 is 5.32 Å². The van der Waals surface area contributed by atoms with Crippen molar-refractivity contribution in [2.45, 2.75) is 32.6 Å². The van der Waals surface area contributed by atoms with Gasteiger partial charge in [-0.15, -0.1) is 0 Å². The Balaban J connectivity index is 2.47. The van der Waals surface area contributed by atoms with Gasteiger partial charge >= 0.3 is 0 Å². The van der Waals surface area contributed by atoms with Gasteiger partial charge in [-0.1, -0.05) is 49.2 Å². The zero-order valence-corrected chi connectivity index (χ0v) is 17.6. The molecule has 0 spiro atoms. The zero-order valence-electron chi connectivity index (χ0n) is 16.0. The summed E-state index contributed by atoms with van der Waals surface area (Å²) < 4.78 is 27.7. The summed E-state index contributed by atoms with van der Waals surface area (Å²) in [4.78, 5) is 12.5. The Morgan fingerprint density at radius 2 is 1.74 bits per heavy atom. The van der Waals surface area contributed by atoms with Crippen LogP contribution in [-0.4, -0.2) is 27.4 Å². The highest BCUT2D eigenvalue weighted by molar-refractivity contribution is 7.92. The highest BCUT2D eigenvalue weighted by Gasteiger charge is 2.28. The van der Waals surface area contributed by atoms with Crippen molar-refractivity contribution in [3.8, 4) is 0 Å². The molecule has 0 bridgehead atoms. The SMILES string of the molecule is Cc1ccc(S(=O)(=O)N(CC(=O)NCC(C)C)c2cccc(Cl)c2C)cc1. The van der Waals surface area contributed by atoms with Crippen LogP contribution in [0.2, 0.25) is 5.02 Å². The second-order valence-corrected chi connectivity index (χ2v) is 9.18. The number of carbonyl (C=O) groups excluding carboxylic acids is 1. The zero-order chi connectivity index (χ0) is 20.2. The summed E-state index contributed by atoms with van der Waals surface area (Å²) in [5.74, 6) is -0.0947. The minimum atomic E-state index is -3.93. The van der Waals surface area contributed by atoms with Gasteiger partial charge in [-0.05, 0) is 49.6 Å². The topological polar surface area (TPSA) is 66.5 Å². The van der Waals surface area contributed by atoms with Gasteiger partial charge in [-0.2, -0.15) is 0 Å². The number of carbonyl (C=O) groups is 1. The lowest BCUT2D eigenvalue weighted by Crippen LogP contribution is -2.42. The van der Waals surface area contributed by atoms with Gasteiger partial charge in [0.25, 0.3) is 10.0 Å². The second kappa shape index (κ2) is 8.76. The van der Waals surface area contributed by atoms with E-state index in [1.165, 1.54) is 0 Å². The van der Waals surface area contributed by atoms with E-state index in [4.69, 9.17) is 11.6 Å². The fourth-order valence-electron chi connectivity index (χ4n) is 2.51. The lowest BCUT2D eigenvalue weighted by Gasteiger charge is -2.26. The molecule has 27 heavy (non-hydrogen) atoms. The van der Waals surface area contributed by atoms with Crippen molar-refractivity contribution in [3.05, 3.63) is 58.6 Å². The first-order chi connectivity index (χ1) is 12.6. The third-order valence-electron chi connectivity index (χ3n) is 4.11. The van der Waals surface area contributed by atoms with E-state index >= 15 is 0 Å². The largest absolute Gasteiger partial charge is 0.354 e. The van der Waals surface area contributed by atoms with E-state index in [-0.39, 0.29) is 23.3 Å². The molecule has 2 aromatic rings. The van der Waals surface area contributed by atoms with E-state index in [1.807, 2.05) is 20.8 Å². The maximum absolute atomic E-state index is 13.3. The van der Waals surface area contributed by atoms with Gasteiger partial charge in [0.15, 0.2) is 0 Å². The summed E-state index contributed by atoms with van der Waals surface area (Å²) in [5, 5.41) is 3.21. The molecule has 0 aromatic heterocycles. The maximum Gasteiger partial charge on any atom is 0.264 e. The third kappa shape index (κ3) is 5.23. The molecule has 2 aromatic carbocycles. The minimum absolute atomic E-state index is 0.129. The Morgan fingerprint density at radius 1 is 1.11 bits per heavy atom. The molecule has 0 saturated carbocycles. The molecule has 0 saturated heterocycles. The van der Waals surface area contributed by atoms with Gasteiger partial charge in [0.2, 0.25) is 5.91 Å². The number of anilines is 1. The van der Waals surface area contributed by atoms with Crippen molar-refractivity contribution in [2.75, 3.05) is 17.4 Å². The standard InChI is InChI=1S/C20H25ClN2O3S/c1-14(2)12-22-20(24)13-23(19-7-5-6-18(21)16(19)4)27(25,26)17-10-8-15(3)9-11-17/h5-11,14H,12-13H2,1-4H3,(H,22,24). The van der Waals surface area contributed by atoms with E-state index in [9.17, 15) is 13.2 Å². The van der Waals surface area contributed by atoms with Gasteiger partial charge in [-0.3, -0.25) is 9.10 Å². The Morgan fingerprint density at radius 3 is 2.33 bits per heavy atom. The lowest BCUT2D eigenvalue weighted by molar-refractivity contribution is -0.119. The highest BCUT2D eigenvalue weighted by atomic mass is 35.5. The fourth-order valence-corrected chi connectivity index (χ4v) is 4.16.